The van der Waals surface area contributed by atoms with Gasteiger partial charge in [0.2, 0.25) is 0 Å². The van der Waals surface area contributed by atoms with Gasteiger partial charge in [-0.3, -0.25) is 10.1 Å². The van der Waals surface area contributed by atoms with Crippen molar-refractivity contribution in [2.24, 2.45) is 5.16 Å². The van der Waals surface area contributed by atoms with Crippen molar-refractivity contribution in [2.75, 3.05) is 0 Å². The smallest absolute Gasteiger partial charge is 0.269 e. The molecule has 1 N–H and O–H groups in total. The number of aryl methyl sites for hydroxylation is 1. The molecule has 0 atom stereocenters. The number of oxime groups is 1. The van der Waals surface area contributed by atoms with Gasteiger partial charge in [-0.25, -0.2) is 0 Å². The van der Waals surface area contributed by atoms with Gasteiger partial charge >= 0.3 is 0 Å². The van der Waals surface area contributed by atoms with Crippen LogP contribution in [0.15, 0.2) is 53.7 Å². The maximum atomic E-state index is 10.7. The number of aromatic hydroxyl groups is 1. The van der Waals surface area contributed by atoms with Gasteiger partial charge in [-0.15, -0.1) is 0 Å². The Morgan fingerprint density at radius 1 is 1.12 bits per heavy atom. The number of phenolic OH excluding ortho intramolecular Hbond substituents is 1. The SMILES string of the molecule is CCCCC(CCc1ccc(O)cc1)=NOc1ccc([N+](=O)[O-])cc1. The molecule has 6 heteroatoms. The van der Waals surface area contributed by atoms with Crippen molar-refractivity contribution in [2.45, 2.75) is 39.0 Å². The Morgan fingerprint density at radius 3 is 2.40 bits per heavy atom. The van der Waals surface area contributed by atoms with Crippen LogP contribution < -0.4 is 4.84 Å². The first kappa shape index (κ1) is 18.4. The van der Waals surface area contributed by atoms with Crippen LogP contribution in [0.5, 0.6) is 11.5 Å². The van der Waals surface area contributed by atoms with Crippen molar-refractivity contribution in [3.8, 4) is 11.5 Å². The van der Waals surface area contributed by atoms with E-state index in [9.17, 15) is 15.2 Å². The summed E-state index contributed by atoms with van der Waals surface area (Å²) >= 11 is 0. The monoisotopic (exact) mass is 342 g/mol. The van der Waals surface area contributed by atoms with Gasteiger partial charge < -0.3 is 9.94 Å². The first-order valence-electron chi connectivity index (χ1n) is 8.33. The summed E-state index contributed by atoms with van der Waals surface area (Å²) in [5.41, 5.74) is 2.10. The Bertz CT molecular complexity index is 709. The summed E-state index contributed by atoms with van der Waals surface area (Å²) in [5, 5.41) is 24.2. The first-order chi connectivity index (χ1) is 12.1. The highest BCUT2D eigenvalue weighted by atomic mass is 16.6. The second kappa shape index (κ2) is 9.42. The predicted octanol–water partition coefficient (Wildman–Crippen LogP) is 4.86. The van der Waals surface area contributed by atoms with Crippen LogP contribution in [0.4, 0.5) is 5.69 Å². The van der Waals surface area contributed by atoms with Crippen molar-refractivity contribution < 1.29 is 14.9 Å². The lowest BCUT2D eigenvalue weighted by Crippen LogP contribution is -2.03. The van der Waals surface area contributed by atoms with Gasteiger partial charge in [0, 0.05) is 12.1 Å². The Labute approximate surface area is 146 Å². The lowest BCUT2D eigenvalue weighted by Gasteiger charge is -2.07. The molecule has 0 fully saturated rings. The lowest BCUT2D eigenvalue weighted by molar-refractivity contribution is -0.384. The van der Waals surface area contributed by atoms with E-state index in [2.05, 4.69) is 12.1 Å². The highest BCUT2D eigenvalue weighted by Gasteiger charge is 2.06. The molecule has 0 amide bonds. The number of rotatable bonds is 9. The van der Waals surface area contributed by atoms with Crippen LogP contribution in [0.2, 0.25) is 0 Å². The molecule has 2 aromatic rings. The van der Waals surface area contributed by atoms with Crippen molar-refractivity contribution in [1.29, 1.82) is 0 Å². The van der Waals surface area contributed by atoms with E-state index in [-0.39, 0.29) is 11.4 Å². The van der Waals surface area contributed by atoms with E-state index in [4.69, 9.17) is 4.84 Å². The van der Waals surface area contributed by atoms with Crippen LogP contribution in [-0.4, -0.2) is 15.7 Å². The summed E-state index contributed by atoms with van der Waals surface area (Å²) in [6.45, 7) is 2.12. The van der Waals surface area contributed by atoms with Crippen molar-refractivity contribution in [3.05, 3.63) is 64.2 Å². The number of non-ortho nitro benzene ring substituents is 1. The minimum absolute atomic E-state index is 0.0230. The van der Waals surface area contributed by atoms with Crippen LogP contribution in [0, 0.1) is 10.1 Å². The number of nitrogens with zero attached hydrogens (tertiary/aromatic N) is 2. The minimum Gasteiger partial charge on any atom is -0.508 e. The molecule has 0 radical (unpaired) electrons. The second-order valence-corrected chi connectivity index (χ2v) is 5.77. The van der Waals surface area contributed by atoms with Crippen molar-refractivity contribution in [3.63, 3.8) is 0 Å². The fraction of sp³-hybridized carbons (Fsp3) is 0.316. The number of benzene rings is 2. The zero-order chi connectivity index (χ0) is 18.1. The number of unbranched alkanes of at least 4 members (excludes halogenated alkanes) is 1. The molecule has 0 aromatic heterocycles. The largest absolute Gasteiger partial charge is 0.508 e. The summed E-state index contributed by atoms with van der Waals surface area (Å²) in [7, 11) is 0. The third-order valence-electron chi connectivity index (χ3n) is 3.79. The topological polar surface area (TPSA) is 85.0 Å². The molecule has 0 aliphatic rings. The maximum absolute atomic E-state index is 10.7. The number of hydrogen-bond acceptors (Lipinski definition) is 5. The zero-order valence-electron chi connectivity index (χ0n) is 14.2. The van der Waals surface area contributed by atoms with Gasteiger partial charge in [0.15, 0.2) is 5.75 Å². The maximum Gasteiger partial charge on any atom is 0.269 e. The Hall–Kier alpha value is -2.89. The van der Waals surface area contributed by atoms with E-state index in [0.29, 0.717) is 5.75 Å². The number of hydrogen-bond donors (Lipinski definition) is 1. The highest BCUT2D eigenvalue weighted by Crippen LogP contribution is 2.18. The van der Waals surface area contributed by atoms with Gasteiger partial charge in [0.05, 0.1) is 10.6 Å². The number of nitro benzene ring substituents is 1. The molecule has 0 unspecified atom stereocenters. The van der Waals surface area contributed by atoms with Crippen LogP contribution in [-0.2, 0) is 6.42 Å². The summed E-state index contributed by atoms with van der Waals surface area (Å²) in [6, 6.07) is 13.0. The van der Waals surface area contributed by atoms with Crippen molar-refractivity contribution >= 4 is 11.4 Å². The van der Waals surface area contributed by atoms with Gasteiger partial charge in [0.1, 0.15) is 5.75 Å². The van der Waals surface area contributed by atoms with E-state index < -0.39 is 4.92 Å². The molecule has 2 aromatic carbocycles. The fourth-order valence-corrected chi connectivity index (χ4v) is 2.29. The number of phenols is 1. The summed E-state index contributed by atoms with van der Waals surface area (Å²) in [4.78, 5) is 15.6. The standard InChI is InChI=1S/C19H22N2O4/c1-2-3-4-16(8-5-15-6-11-18(22)12-7-15)20-25-19-13-9-17(10-14-19)21(23)24/h6-7,9-14,22H,2-5,8H2,1H3. The molecular formula is C19H22N2O4. The van der Waals surface area contributed by atoms with Gasteiger partial charge in [-0.2, -0.15) is 0 Å². The molecule has 0 bridgehead atoms. The molecule has 25 heavy (non-hydrogen) atoms. The van der Waals surface area contributed by atoms with Gasteiger partial charge in [-0.1, -0.05) is 30.6 Å². The highest BCUT2D eigenvalue weighted by molar-refractivity contribution is 5.84. The second-order valence-electron chi connectivity index (χ2n) is 5.77. The quantitative estimate of drug-likeness (QED) is 0.401. The molecule has 0 spiro atoms. The Balaban J connectivity index is 1.98. The molecule has 6 nitrogen and oxygen atoms in total. The molecule has 0 heterocycles. The lowest BCUT2D eigenvalue weighted by atomic mass is 10.0. The van der Waals surface area contributed by atoms with Gasteiger partial charge in [0.25, 0.3) is 5.69 Å². The zero-order valence-corrected chi connectivity index (χ0v) is 14.2. The molecular weight excluding hydrogens is 320 g/mol. The normalized spacial score (nSPS) is 11.3. The van der Waals surface area contributed by atoms with E-state index in [1.54, 1.807) is 24.3 Å². The fourth-order valence-electron chi connectivity index (χ4n) is 2.29. The van der Waals surface area contributed by atoms with E-state index in [0.717, 1.165) is 43.4 Å². The molecule has 0 saturated heterocycles. The van der Waals surface area contributed by atoms with E-state index >= 15 is 0 Å². The molecule has 0 aliphatic heterocycles. The van der Waals surface area contributed by atoms with Crippen LogP contribution in [0.1, 0.15) is 38.2 Å². The third-order valence-corrected chi connectivity index (χ3v) is 3.79. The number of nitro groups is 1. The molecule has 0 aliphatic carbocycles. The minimum atomic E-state index is -0.447. The van der Waals surface area contributed by atoms with Crippen LogP contribution in [0.25, 0.3) is 0 Å². The van der Waals surface area contributed by atoms with Crippen LogP contribution in [0.3, 0.4) is 0 Å². The summed E-state index contributed by atoms with van der Waals surface area (Å²) in [6.07, 6.45) is 4.51. The average Bonchev–Trinajstić information content (AvgIpc) is 2.62. The Morgan fingerprint density at radius 2 is 1.80 bits per heavy atom. The van der Waals surface area contributed by atoms with E-state index in [1.165, 1.54) is 12.1 Å². The van der Waals surface area contributed by atoms with Gasteiger partial charge in [-0.05, 0) is 55.5 Å². The molecule has 2 rings (SSSR count). The third kappa shape index (κ3) is 6.25. The molecule has 0 saturated carbocycles. The Kier molecular flexibility index (Phi) is 6.95. The van der Waals surface area contributed by atoms with Crippen LogP contribution >= 0.6 is 0 Å². The van der Waals surface area contributed by atoms with Crippen molar-refractivity contribution in [1.82, 2.24) is 0 Å². The summed E-state index contributed by atoms with van der Waals surface area (Å²) in [5.74, 6) is 0.731. The average molecular weight is 342 g/mol. The molecule has 132 valence electrons. The predicted molar refractivity (Wildman–Crippen MR) is 97.1 cm³/mol. The van der Waals surface area contributed by atoms with E-state index in [1.807, 2.05) is 12.1 Å². The summed E-state index contributed by atoms with van der Waals surface area (Å²) < 4.78 is 0. The first-order valence-corrected chi connectivity index (χ1v) is 8.33.